The van der Waals surface area contributed by atoms with Crippen LogP contribution in [0.1, 0.15) is 5.56 Å². The molecule has 0 spiro atoms. The van der Waals surface area contributed by atoms with Crippen LogP contribution in [-0.2, 0) is 0 Å². The molecule has 0 radical (unpaired) electrons. The van der Waals surface area contributed by atoms with Gasteiger partial charge in [0.15, 0.2) is 5.82 Å². The van der Waals surface area contributed by atoms with Crippen molar-refractivity contribution in [3.8, 4) is 11.4 Å². The van der Waals surface area contributed by atoms with Crippen molar-refractivity contribution >= 4 is 16.7 Å². The number of fused-ring (bicyclic) bond motifs is 1. The van der Waals surface area contributed by atoms with Gasteiger partial charge in [-0.25, -0.2) is 9.37 Å². The van der Waals surface area contributed by atoms with Crippen LogP contribution in [0.3, 0.4) is 0 Å². The van der Waals surface area contributed by atoms with Gasteiger partial charge in [0.05, 0.1) is 5.52 Å². The average Bonchev–Trinajstić information content (AvgIpc) is 2.78. The standard InChI is InChI=1S/C14H12FN3/c1-8-4-2-5-9(12(8)16)14-17-11-7-3-6-10(15)13(11)18-14/h2-7H,16H2,1H3,(H,17,18). The number of aromatic amines is 1. The summed E-state index contributed by atoms with van der Waals surface area (Å²) in [6.07, 6.45) is 0. The van der Waals surface area contributed by atoms with E-state index in [0.717, 1.165) is 11.1 Å². The molecule has 90 valence electrons. The fraction of sp³-hybridized carbons (Fsp3) is 0.0714. The van der Waals surface area contributed by atoms with E-state index in [0.29, 0.717) is 22.5 Å². The topological polar surface area (TPSA) is 54.7 Å². The molecule has 2 aromatic carbocycles. The number of nitrogens with zero attached hydrogens (tertiary/aromatic N) is 1. The number of nitrogens with one attached hydrogen (secondary N) is 1. The summed E-state index contributed by atoms with van der Waals surface area (Å²) < 4.78 is 13.6. The SMILES string of the molecule is Cc1cccc(-c2nc3c(F)cccc3[nH]2)c1N. The molecule has 1 aromatic heterocycles. The Balaban J connectivity index is 2.26. The zero-order chi connectivity index (χ0) is 12.7. The Morgan fingerprint density at radius 2 is 1.94 bits per heavy atom. The van der Waals surface area contributed by atoms with Crippen LogP contribution in [0.5, 0.6) is 0 Å². The average molecular weight is 241 g/mol. The number of aryl methyl sites for hydroxylation is 1. The van der Waals surface area contributed by atoms with Gasteiger partial charge in [-0.3, -0.25) is 0 Å². The molecule has 0 atom stereocenters. The first kappa shape index (κ1) is 10.8. The molecule has 0 aliphatic heterocycles. The molecule has 0 unspecified atom stereocenters. The van der Waals surface area contributed by atoms with Gasteiger partial charge in [-0.1, -0.05) is 18.2 Å². The Hall–Kier alpha value is -2.36. The molecule has 0 bridgehead atoms. The van der Waals surface area contributed by atoms with Crippen LogP contribution in [0.25, 0.3) is 22.4 Å². The Bertz CT molecular complexity index is 731. The third kappa shape index (κ3) is 1.54. The lowest BCUT2D eigenvalue weighted by molar-refractivity contribution is 0.637. The van der Waals surface area contributed by atoms with Gasteiger partial charge in [0.25, 0.3) is 0 Å². The van der Waals surface area contributed by atoms with Crippen LogP contribution in [0, 0.1) is 12.7 Å². The van der Waals surface area contributed by atoms with Gasteiger partial charge in [0, 0.05) is 11.3 Å². The zero-order valence-electron chi connectivity index (χ0n) is 9.87. The van der Waals surface area contributed by atoms with Gasteiger partial charge in [0.1, 0.15) is 11.3 Å². The van der Waals surface area contributed by atoms with Gasteiger partial charge in [0.2, 0.25) is 0 Å². The monoisotopic (exact) mass is 241 g/mol. The second kappa shape index (κ2) is 3.84. The molecule has 3 nitrogen and oxygen atoms in total. The molecule has 18 heavy (non-hydrogen) atoms. The van der Waals surface area contributed by atoms with Crippen molar-refractivity contribution in [3.63, 3.8) is 0 Å². The maximum absolute atomic E-state index is 13.6. The largest absolute Gasteiger partial charge is 0.398 e. The summed E-state index contributed by atoms with van der Waals surface area (Å²) in [4.78, 5) is 7.36. The number of halogens is 1. The smallest absolute Gasteiger partial charge is 0.151 e. The number of hydrogen-bond donors (Lipinski definition) is 2. The number of rotatable bonds is 1. The summed E-state index contributed by atoms with van der Waals surface area (Å²) in [5.41, 5.74) is 9.47. The van der Waals surface area contributed by atoms with E-state index in [9.17, 15) is 4.39 Å². The first-order chi connectivity index (χ1) is 8.66. The molecule has 3 aromatic rings. The van der Waals surface area contributed by atoms with Crippen molar-refractivity contribution in [2.75, 3.05) is 5.73 Å². The Labute approximate surface area is 103 Å². The summed E-state index contributed by atoms with van der Waals surface area (Å²) >= 11 is 0. The third-order valence-corrected chi connectivity index (χ3v) is 3.04. The van der Waals surface area contributed by atoms with Crippen molar-refractivity contribution < 1.29 is 4.39 Å². The highest BCUT2D eigenvalue weighted by Crippen LogP contribution is 2.28. The van der Waals surface area contributed by atoms with Gasteiger partial charge in [-0.15, -0.1) is 0 Å². The maximum atomic E-state index is 13.6. The van der Waals surface area contributed by atoms with Crippen LogP contribution in [0.4, 0.5) is 10.1 Å². The summed E-state index contributed by atoms with van der Waals surface area (Å²) in [6, 6.07) is 10.6. The molecule has 0 saturated heterocycles. The Morgan fingerprint density at radius 1 is 1.17 bits per heavy atom. The van der Waals surface area contributed by atoms with Crippen molar-refractivity contribution in [1.29, 1.82) is 0 Å². The van der Waals surface area contributed by atoms with Crippen molar-refractivity contribution in [3.05, 3.63) is 47.8 Å². The molecule has 3 rings (SSSR count). The summed E-state index contributed by atoms with van der Waals surface area (Å²) in [6.45, 7) is 1.93. The molecule has 1 heterocycles. The quantitative estimate of drug-likeness (QED) is 0.642. The van der Waals surface area contributed by atoms with Crippen LogP contribution in [0.15, 0.2) is 36.4 Å². The molecule has 0 fully saturated rings. The van der Waals surface area contributed by atoms with Gasteiger partial charge < -0.3 is 10.7 Å². The second-order valence-electron chi connectivity index (χ2n) is 4.26. The third-order valence-electron chi connectivity index (χ3n) is 3.04. The number of H-pyrrole nitrogens is 1. The molecule has 0 aliphatic carbocycles. The summed E-state index contributed by atoms with van der Waals surface area (Å²) in [7, 11) is 0. The summed E-state index contributed by atoms with van der Waals surface area (Å²) in [5.74, 6) is 0.262. The van der Waals surface area contributed by atoms with Crippen molar-refractivity contribution in [2.24, 2.45) is 0 Å². The minimum Gasteiger partial charge on any atom is -0.398 e. The summed E-state index contributed by atoms with van der Waals surface area (Å²) in [5, 5.41) is 0. The Kier molecular flexibility index (Phi) is 2.30. The Morgan fingerprint density at radius 3 is 2.72 bits per heavy atom. The number of imidazole rings is 1. The maximum Gasteiger partial charge on any atom is 0.151 e. The first-order valence-electron chi connectivity index (χ1n) is 5.66. The van der Waals surface area contributed by atoms with Gasteiger partial charge in [-0.05, 0) is 30.7 Å². The van der Waals surface area contributed by atoms with E-state index in [-0.39, 0.29) is 5.82 Å². The molecular formula is C14H12FN3. The molecule has 4 heteroatoms. The van der Waals surface area contributed by atoms with Crippen molar-refractivity contribution in [2.45, 2.75) is 6.92 Å². The van der Waals surface area contributed by atoms with E-state index in [1.54, 1.807) is 12.1 Å². The number of hydrogen-bond acceptors (Lipinski definition) is 2. The minimum atomic E-state index is -0.332. The normalized spacial score (nSPS) is 11.0. The van der Waals surface area contributed by atoms with Gasteiger partial charge in [-0.2, -0.15) is 0 Å². The lowest BCUT2D eigenvalue weighted by Gasteiger charge is -2.04. The molecule has 0 amide bonds. The second-order valence-corrected chi connectivity index (χ2v) is 4.26. The van der Waals surface area contributed by atoms with E-state index >= 15 is 0 Å². The fourth-order valence-electron chi connectivity index (χ4n) is 2.01. The van der Waals surface area contributed by atoms with Crippen LogP contribution < -0.4 is 5.73 Å². The first-order valence-corrected chi connectivity index (χ1v) is 5.66. The number of anilines is 1. The number of nitrogens with two attached hydrogens (primary N) is 1. The molecule has 0 aliphatic rings. The molecule has 3 N–H and O–H groups in total. The number of aromatic nitrogens is 2. The van der Waals surface area contributed by atoms with E-state index in [2.05, 4.69) is 9.97 Å². The lowest BCUT2D eigenvalue weighted by Crippen LogP contribution is -1.94. The number of para-hydroxylation sites is 2. The van der Waals surface area contributed by atoms with Gasteiger partial charge >= 0.3 is 0 Å². The van der Waals surface area contributed by atoms with E-state index in [1.807, 2.05) is 25.1 Å². The van der Waals surface area contributed by atoms with E-state index in [4.69, 9.17) is 5.73 Å². The number of nitrogen functional groups attached to an aromatic ring is 1. The predicted molar refractivity (Wildman–Crippen MR) is 70.6 cm³/mol. The fourth-order valence-corrected chi connectivity index (χ4v) is 2.01. The van der Waals surface area contributed by atoms with Crippen LogP contribution in [0.2, 0.25) is 0 Å². The molecule has 0 saturated carbocycles. The zero-order valence-corrected chi connectivity index (χ0v) is 9.87. The lowest BCUT2D eigenvalue weighted by atomic mass is 10.1. The number of benzene rings is 2. The van der Waals surface area contributed by atoms with Crippen LogP contribution in [-0.4, -0.2) is 9.97 Å². The van der Waals surface area contributed by atoms with E-state index < -0.39 is 0 Å². The minimum absolute atomic E-state index is 0.332. The molecular weight excluding hydrogens is 229 g/mol. The predicted octanol–water partition coefficient (Wildman–Crippen LogP) is 3.26. The highest BCUT2D eigenvalue weighted by atomic mass is 19.1. The van der Waals surface area contributed by atoms with E-state index in [1.165, 1.54) is 6.07 Å². The van der Waals surface area contributed by atoms with Crippen molar-refractivity contribution in [1.82, 2.24) is 9.97 Å². The highest BCUT2D eigenvalue weighted by molar-refractivity contribution is 5.83. The van der Waals surface area contributed by atoms with Crippen LogP contribution >= 0.6 is 0 Å². The highest BCUT2D eigenvalue weighted by Gasteiger charge is 2.11.